The Balaban J connectivity index is 1.23. The first-order chi connectivity index (χ1) is 16.1. The topological polar surface area (TPSA) is 77.0 Å². The summed E-state index contributed by atoms with van der Waals surface area (Å²) in [5.74, 6) is 2.90. The van der Waals surface area contributed by atoms with E-state index in [2.05, 4.69) is 14.9 Å². The Morgan fingerprint density at radius 1 is 0.970 bits per heavy atom. The van der Waals surface area contributed by atoms with E-state index in [1.807, 2.05) is 66.4 Å². The molecule has 5 rings (SSSR count). The highest BCUT2D eigenvalue weighted by molar-refractivity contribution is 5.82. The number of anilines is 1. The van der Waals surface area contributed by atoms with Crippen molar-refractivity contribution in [2.75, 3.05) is 38.2 Å². The molecule has 1 saturated heterocycles. The second-order valence-electron chi connectivity index (χ2n) is 8.11. The Hall–Kier alpha value is -3.81. The minimum Gasteiger partial charge on any atom is -0.497 e. The van der Waals surface area contributed by atoms with Crippen LogP contribution in [-0.2, 0) is 4.79 Å². The van der Waals surface area contributed by atoms with Crippen LogP contribution < -0.4 is 19.1 Å². The number of aromatic nitrogens is 2. The van der Waals surface area contributed by atoms with Gasteiger partial charge in [-0.3, -0.25) is 4.79 Å². The molecule has 170 valence electrons. The molecule has 1 fully saturated rings. The van der Waals surface area contributed by atoms with Gasteiger partial charge in [-0.05, 0) is 43.3 Å². The van der Waals surface area contributed by atoms with Gasteiger partial charge in [0.15, 0.2) is 11.5 Å². The molecule has 0 N–H and O–H groups in total. The fourth-order valence-electron chi connectivity index (χ4n) is 4.17. The molecule has 8 nitrogen and oxygen atoms in total. The maximum atomic E-state index is 13.2. The van der Waals surface area contributed by atoms with Gasteiger partial charge < -0.3 is 24.0 Å². The van der Waals surface area contributed by atoms with Crippen LogP contribution in [0.25, 0.3) is 11.3 Å². The van der Waals surface area contributed by atoms with E-state index in [0.717, 1.165) is 22.8 Å². The van der Waals surface area contributed by atoms with Gasteiger partial charge in [0.25, 0.3) is 5.91 Å². The molecular formula is C25H26N4O4. The Morgan fingerprint density at radius 2 is 1.67 bits per heavy atom. The SMILES string of the molecule is COc1ccc(-c2cc(N3CCN(C(=O)C4Oc5ccccc5OC4C)CC3)ncn2)cc1. The summed E-state index contributed by atoms with van der Waals surface area (Å²) in [6.07, 6.45) is 0.588. The molecule has 1 amide bonds. The summed E-state index contributed by atoms with van der Waals surface area (Å²) in [6, 6.07) is 17.2. The van der Waals surface area contributed by atoms with Gasteiger partial charge >= 0.3 is 0 Å². The van der Waals surface area contributed by atoms with E-state index in [1.165, 1.54) is 0 Å². The minimum absolute atomic E-state index is 0.0433. The maximum absolute atomic E-state index is 13.2. The summed E-state index contributed by atoms with van der Waals surface area (Å²) in [6.45, 7) is 4.42. The van der Waals surface area contributed by atoms with Crippen LogP contribution in [0.15, 0.2) is 60.9 Å². The number of benzene rings is 2. The van der Waals surface area contributed by atoms with E-state index in [1.54, 1.807) is 13.4 Å². The molecule has 0 radical (unpaired) electrons. The van der Waals surface area contributed by atoms with Crippen LogP contribution in [0.5, 0.6) is 17.2 Å². The van der Waals surface area contributed by atoms with Crippen LogP contribution in [-0.4, -0.2) is 66.3 Å². The third-order valence-corrected chi connectivity index (χ3v) is 6.04. The molecule has 2 unspecified atom stereocenters. The highest BCUT2D eigenvalue weighted by atomic mass is 16.6. The molecule has 2 aliphatic heterocycles. The molecule has 2 aromatic carbocycles. The molecule has 8 heteroatoms. The number of fused-ring (bicyclic) bond motifs is 1. The van der Waals surface area contributed by atoms with E-state index in [0.29, 0.717) is 37.7 Å². The van der Waals surface area contributed by atoms with Gasteiger partial charge in [-0.15, -0.1) is 0 Å². The zero-order chi connectivity index (χ0) is 22.8. The predicted molar refractivity (Wildman–Crippen MR) is 124 cm³/mol. The van der Waals surface area contributed by atoms with Gasteiger partial charge in [0.1, 0.15) is 24.0 Å². The summed E-state index contributed by atoms with van der Waals surface area (Å²) in [5.41, 5.74) is 1.85. The Morgan fingerprint density at radius 3 is 2.36 bits per heavy atom. The first-order valence-electron chi connectivity index (χ1n) is 11.0. The zero-order valence-corrected chi connectivity index (χ0v) is 18.7. The predicted octanol–water partition coefficient (Wildman–Crippen LogP) is 3.03. The second kappa shape index (κ2) is 8.97. The quantitative estimate of drug-likeness (QED) is 0.610. The lowest BCUT2D eigenvalue weighted by molar-refractivity contribution is -0.144. The molecule has 0 spiro atoms. The number of piperazine rings is 1. The highest BCUT2D eigenvalue weighted by Gasteiger charge is 2.37. The van der Waals surface area contributed by atoms with Gasteiger partial charge in [-0.1, -0.05) is 12.1 Å². The molecule has 33 heavy (non-hydrogen) atoms. The minimum atomic E-state index is -0.646. The summed E-state index contributed by atoms with van der Waals surface area (Å²) < 4.78 is 17.1. The lowest BCUT2D eigenvalue weighted by Crippen LogP contribution is -2.56. The molecule has 3 heterocycles. The van der Waals surface area contributed by atoms with Gasteiger partial charge in [0.2, 0.25) is 6.10 Å². The third kappa shape index (κ3) is 4.28. The van der Waals surface area contributed by atoms with E-state index < -0.39 is 6.10 Å². The normalized spacial score (nSPS) is 19.8. The molecule has 0 saturated carbocycles. The Labute approximate surface area is 192 Å². The number of hydrogen-bond donors (Lipinski definition) is 0. The Kier molecular flexibility index (Phi) is 5.73. The maximum Gasteiger partial charge on any atom is 0.267 e. The first kappa shape index (κ1) is 21.1. The van der Waals surface area contributed by atoms with Gasteiger partial charge in [0.05, 0.1) is 12.8 Å². The van der Waals surface area contributed by atoms with Gasteiger partial charge in [0, 0.05) is 37.8 Å². The van der Waals surface area contributed by atoms with Crippen LogP contribution in [0.1, 0.15) is 6.92 Å². The number of ether oxygens (including phenoxy) is 3. The number of rotatable bonds is 4. The van der Waals surface area contributed by atoms with Crippen molar-refractivity contribution in [2.45, 2.75) is 19.1 Å². The van der Waals surface area contributed by atoms with Crippen molar-refractivity contribution in [1.29, 1.82) is 0 Å². The summed E-state index contributed by atoms with van der Waals surface area (Å²) in [7, 11) is 1.65. The molecule has 2 aliphatic rings. The average molecular weight is 447 g/mol. The van der Waals surface area contributed by atoms with Crippen LogP contribution in [0, 0.1) is 0 Å². The van der Waals surface area contributed by atoms with Crippen LogP contribution in [0.4, 0.5) is 5.82 Å². The average Bonchev–Trinajstić information content (AvgIpc) is 2.88. The first-order valence-corrected chi connectivity index (χ1v) is 11.0. The molecular weight excluding hydrogens is 420 g/mol. The smallest absolute Gasteiger partial charge is 0.267 e. The van der Waals surface area contributed by atoms with E-state index in [4.69, 9.17) is 14.2 Å². The molecule has 3 aromatic rings. The zero-order valence-electron chi connectivity index (χ0n) is 18.7. The number of hydrogen-bond acceptors (Lipinski definition) is 7. The van der Waals surface area contributed by atoms with E-state index in [9.17, 15) is 4.79 Å². The molecule has 0 bridgehead atoms. The number of para-hydroxylation sites is 2. The van der Waals surface area contributed by atoms with Crippen LogP contribution in [0.2, 0.25) is 0 Å². The fraction of sp³-hybridized carbons (Fsp3) is 0.320. The number of carbonyl (C=O) groups excluding carboxylic acids is 1. The van der Waals surface area contributed by atoms with Crippen molar-refractivity contribution in [3.63, 3.8) is 0 Å². The number of methoxy groups -OCH3 is 1. The van der Waals surface area contributed by atoms with Crippen LogP contribution >= 0.6 is 0 Å². The van der Waals surface area contributed by atoms with Crippen molar-refractivity contribution >= 4 is 11.7 Å². The van der Waals surface area contributed by atoms with Gasteiger partial charge in [-0.25, -0.2) is 9.97 Å². The number of amides is 1. The van der Waals surface area contributed by atoms with Crippen molar-refractivity contribution in [1.82, 2.24) is 14.9 Å². The standard InChI is InChI=1S/C25H26N4O4/c1-17-24(33-22-6-4-3-5-21(22)32-17)25(30)29-13-11-28(12-14-29)23-15-20(26-16-27-23)18-7-9-19(31-2)10-8-18/h3-10,15-17,24H,11-14H2,1-2H3. The largest absolute Gasteiger partial charge is 0.497 e. The second-order valence-corrected chi connectivity index (χ2v) is 8.11. The molecule has 2 atom stereocenters. The third-order valence-electron chi connectivity index (χ3n) is 6.04. The lowest BCUT2D eigenvalue weighted by atomic mass is 10.1. The van der Waals surface area contributed by atoms with Crippen molar-refractivity contribution < 1.29 is 19.0 Å². The highest BCUT2D eigenvalue weighted by Crippen LogP contribution is 2.34. The summed E-state index contributed by atoms with van der Waals surface area (Å²) in [4.78, 5) is 26.1. The van der Waals surface area contributed by atoms with Crippen molar-refractivity contribution in [2.24, 2.45) is 0 Å². The van der Waals surface area contributed by atoms with Crippen LogP contribution in [0.3, 0.4) is 0 Å². The number of nitrogens with zero attached hydrogens (tertiary/aromatic N) is 4. The lowest BCUT2D eigenvalue weighted by Gasteiger charge is -2.39. The van der Waals surface area contributed by atoms with E-state index in [-0.39, 0.29) is 12.0 Å². The molecule has 1 aromatic heterocycles. The fourth-order valence-corrected chi connectivity index (χ4v) is 4.17. The van der Waals surface area contributed by atoms with Crippen molar-refractivity contribution in [3.8, 4) is 28.5 Å². The Bertz CT molecular complexity index is 1130. The van der Waals surface area contributed by atoms with E-state index >= 15 is 0 Å². The summed E-state index contributed by atoms with van der Waals surface area (Å²) in [5, 5.41) is 0. The van der Waals surface area contributed by atoms with Gasteiger partial charge in [-0.2, -0.15) is 0 Å². The monoisotopic (exact) mass is 446 g/mol. The molecule has 0 aliphatic carbocycles. The summed E-state index contributed by atoms with van der Waals surface area (Å²) >= 11 is 0. The number of carbonyl (C=O) groups is 1. The van der Waals surface area contributed by atoms with Crippen molar-refractivity contribution in [3.05, 3.63) is 60.9 Å².